The van der Waals surface area contributed by atoms with Crippen molar-refractivity contribution in [2.24, 2.45) is 17.8 Å². The molecule has 1 aliphatic carbocycles. The Labute approximate surface area is 130 Å². The van der Waals surface area contributed by atoms with Gasteiger partial charge in [0.25, 0.3) is 0 Å². The predicted octanol–water partition coefficient (Wildman–Crippen LogP) is 3.38. The molecule has 4 atom stereocenters. The largest absolute Gasteiger partial charge is 0.381 e. The molecule has 1 spiro atoms. The van der Waals surface area contributed by atoms with Gasteiger partial charge in [-0.05, 0) is 69.2 Å². The SMILES string of the molecule is CCCNC1CCC(C2CCOC3(CCOCC3)C2)C1C. The van der Waals surface area contributed by atoms with Crippen LogP contribution in [0, 0.1) is 17.8 Å². The summed E-state index contributed by atoms with van der Waals surface area (Å²) in [5.41, 5.74) is 0.163. The molecule has 1 saturated carbocycles. The minimum atomic E-state index is 0.163. The first-order valence-electron chi connectivity index (χ1n) is 9.19. The fourth-order valence-electron chi connectivity index (χ4n) is 5.00. The van der Waals surface area contributed by atoms with Gasteiger partial charge in [0.15, 0.2) is 0 Å². The standard InChI is InChI=1S/C18H33NO2/c1-3-9-19-17-5-4-16(14(17)2)15-6-10-21-18(13-15)7-11-20-12-8-18/h14-17,19H,3-13H2,1-2H3. The third kappa shape index (κ3) is 3.46. The van der Waals surface area contributed by atoms with Gasteiger partial charge >= 0.3 is 0 Å². The number of hydrogen-bond acceptors (Lipinski definition) is 3. The second-order valence-electron chi connectivity index (χ2n) is 7.56. The van der Waals surface area contributed by atoms with E-state index in [2.05, 4.69) is 19.2 Å². The zero-order valence-corrected chi connectivity index (χ0v) is 13.9. The minimum Gasteiger partial charge on any atom is -0.381 e. The number of hydrogen-bond donors (Lipinski definition) is 1. The minimum absolute atomic E-state index is 0.163. The second-order valence-corrected chi connectivity index (χ2v) is 7.56. The summed E-state index contributed by atoms with van der Waals surface area (Å²) in [5.74, 6) is 2.61. The molecule has 0 aromatic rings. The Morgan fingerprint density at radius 3 is 2.67 bits per heavy atom. The van der Waals surface area contributed by atoms with E-state index in [4.69, 9.17) is 9.47 Å². The molecule has 122 valence electrons. The first-order valence-corrected chi connectivity index (χ1v) is 9.19. The molecule has 1 N–H and O–H groups in total. The summed E-state index contributed by atoms with van der Waals surface area (Å²) in [6.45, 7) is 8.69. The quantitative estimate of drug-likeness (QED) is 0.862. The van der Waals surface area contributed by atoms with E-state index in [1.165, 1.54) is 38.6 Å². The molecular formula is C18H33NO2. The second kappa shape index (κ2) is 6.97. The monoisotopic (exact) mass is 295 g/mol. The Hall–Kier alpha value is -0.120. The van der Waals surface area contributed by atoms with Gasteiger partial charge in [-0.15, -0.1) is 0 Å². The van der Waals surface area contributed by atoms with Crippen LogP contribution in [0.1, 0.15) is 58.8 Å². The summed E-state index contributed by atoms with van der Waals surface area (Å²) in [4.78, 5) is 0. The number of rotatable bonds is 4. The lowest BCUT2D eigenvalue weighted by Gasteiger charge is -2.45. The van der Waals surface area contributed by atoms with Gasteiger partial charge in [-0.25, -0.2) is 0 Å². The first kappa shape index (κ1) is 15.8. The molecule has 0 amide bonds. The van der Waals surface area contributed by atoms with Crippen molar-refractivity contribution >= 4 is 0 Å². The predicted molar refractivity (Wildman–Crippen MR) is 85.4 cm³/mol. The molecular weight excluding hydrogens is 262 g/mol. The van der Waals surface area contributed by atoms with Gasteiger partial charge < -0.3 is 14.8 Å². The van der Waals surface area contributed by atoms with E-state index < -0.39 is 0 Å². The number of ether oxygens (including phenoxy) is 2. The smallest absolute Gasteiger partial charge is 0.0729 e. The molecule has 3 fully saturated rings. The molecule has 0 aromatic carbocycles. The summed E-state index contributed by atoms with van der Waals surface area (Å²) in [5, 5.41) is 3.77. The van der Waals surface area contributed by atoms with Crippen LogP contribution in [0.15, 0.2) is 0 Å². The van der Waals surface area contributed by atoms with Crippen molar-refractivity contribution in [3.63, 3.8) is 0 Å². The topological polar surface area (TPSA) is 30.5 Å². The molecule has 2 heterocycles. The van der Waals surface area contributed by atoms with Gasteiger partial charge in [-0.2, -0.15) is 0 Å². The van der Waals surface area contributed by atoms with Gasteiger partial charge in [0, 0.05) is 25.9 Å². The van der Waals surface area contributed by atoms with Gasteiger partial charge in [0.1, 0.15) is 0 Å². The van der Waals surface area contributed by atoms with E-state index in [0.29, 0.717) is 0 Å². The fourth-order valence-corrected chi connectivity index (χ4v) is 5.00. The zero-order chi connectivity index (χ0) is 14.7. The van der Waals surface area contributed by atoms with Crippen molar-refractivity contribution in [1.82, 2.24) is 5.32 Å². The lowest BCUT2D eigenvalue weighted by Crippen LogP contribution is -2.46. The average molecular weight is 295 g/mol. The summed E-state index contributed by atoms with van der Waals surface area (Å²) < 4.78 is 11.8. The first-order chi connectivity index (χ1) is 10.2. The Bertz CT molecular complexity index is 322. The van der Waals surface area contributed by atoms with E-state index in [1.54, 1.807) is 0 Å². The average Bonchev–Trinajstić information content (AvgIpc) is 2.87. The van der Waals surface area contributed by atoms with Crippen molar-refractivity contribution < 1.29 is 9.47 Å². The summed E-state index contributed by atoms with van der Waals surface area (Å²) in [6.07, 6.45) is 8.82. The normalized spacial score (nSPS) is 39.7. The van der Waals surface area contributed by atoms with Crippen molar-refractivity contribution in [3.8, 4) is 0 Å². The molecule has 4 unspecified atom stereocenters. The Balaban J connectivity index is 1.58. The van der Waals surface area contributed by atoms with Crippen molar-refractivity contribution in [1.29, 1.82) is 0 Å². The van der Waals surface area contributed by atoms with E-state index in [1.807, 2.05) is 0 Å². The highest BCUT2D eigenvalue weighted by atomic mass is 16.5. The molecule has 21 heavy (non-hydrogen) atoms. The van der Waals surface area contributed by atoms with Crippen molar-refractivity contribution in [2.75, 3.05) is 26.4 Å². The molecule has 2 aliphatic heterocycles. The maximum atomic E-state index is 6.23. The summed E-state index contributed by atoms with van der Waals surface area (Å²) in [7, 11) is 0. The maximum absolute atomic E-state index is 6.23. The van der Waals surface area contributed by atoms with Crippen LogP contribution in [0.3, 0.4) is 0 Å². The van der Waals surface area contributed by atoms with Crippen LogP contribution >= 0.6 is 0 Å². The molecule has 0 radical (unpaired) electrons. The van der Waals surface area contributed by atoms with Gasteiger partial charge in [0.2, 0.25) is 0 Å². The molecule has 0 bridgehead atoms. The molecule has 3 aliphatic rings. The van der Waals surface area contributed by atoms with Crippen LogP contribution in [0.5, 0.6) is 0 Å². The van der Waals surface area contributed by atoms with Crippen LogP contribution in [0.2, 0.25) is 0 Å². The van der Waals surface area contributed by atoms with Crippen molar-refractivity contribution in [2.45, 2.75) is 70.4 Å². The van der Waals surface area contributed by atoms with E-state index in [0.717, 1.165) is 56.5 Å². The van der Waals surface area contributed by atoms with E-state index in [9.17, 15) is 0 Å². The van der Waals surface area contributed by atoms with Crippen LogP contribution < -0.4 is 5.32 Å². The molecule has 3 nitrogen and oxygen atoms in total. The maximum Gasteiger partial charge on any atom is 0.0729 e. The highest BCUT2D eigenvalue weighted by Gasteiger charge is 2.44. The molecule has 3 rings (SSSR count). The highest BCUT2D eigenvalue weighted by molar-refractivity contribution is 4.96. The summed E-state index contributed by atoms with van der Waals surface area (Å²) in [6, 6.07) is 0.753. The van der Waals surface area contributed by atoms with Gasteiger partial charge in [-0.3, -0.25) is 0 Å². The summed E-state index contributed by atoms with van der Waals surface area (Å²) >= 11 is 0. The highest BCUT2D eigenvalue weighted by Crippen LogP contribution is 2.46. The Morgan fingerprint density at radius 2 is 1.90 bits per heavy atom. The third-order valence-corrected chi connectivity index (χ3v) is 6.32. The fraction of sp³-hybridized carbons (Fsp3) is 1.00. The van der Waals surface area contributed by atoms with Gasteiger partial charge in [-0.1, -0.05) is 13.8 Å². The van der Waals surface area contributed by atoms with Crippen LogP contribution in [0.25, 0.3) is 0 Å². The van der Waals surface area contributed by atoms with Gasteiger partial charge in [0.05, 0.1) is 5.60 Å². The zero-order valence-electron chi connectivity index (χ0n) is 13.9. The van der Waals surface area contributed by atoms with Crippen LogP contribution in [-0.2, 0) is 9.47 Å². The van der Waals surface area contributed by atoms with E-state index >= 15 is 0 Å². The van der Waals surface area contributed by atoms with Crippen molar-refractivity contribution in [3.05, 3.63) is 0 Å². The number of nitrogens with one attached hydrogen (secondary N) is 1. The molecule has 3 heteroatoms. The van der Waals surface area contributed by atoms with Crippen LogP contribution in [-0.4, -0.2) is 38.0 Å². The Morgan fingerprint density at radius 1 is 1.10 bits per heavy atom. The third-order valence-electron chi connectivity index (χ3n) is 6.32. The lowest BCUT2D eigenvalue weighted by molar-refractivity contribution is -0.154. The van der Waals surface area contributed by atoms with E-state index in [-0.39, 0.29) is 5.60 Å². The molecule has 2 saturated heterocycles. The molecule has 0 aromatic heterocycles. The Kier molecular flexibility index (Phi) is 5.23. The van der Waals surface area contributed by atoms with Crippen LogP contribution in [0.4, 0.5) is 0 Å². The lowest BCUT2D eigenvalue weighted by atomic mass is 9.72.